The second kappa shape index (κ2) is 5.68. The van der Waals surface area contributed by atoms with Crippen molar-refractivity contribution < 1.29 is 17.9 Å². The molecular weight excluding hydrogens is 282 g/mol. The summed E-state index contributed by atoms with van der Waals surface area (Å²) in [7, 11) is -3.76. The van der Waals surface area contributed by atoms with Crippen LogP contribution in [0.1, 0.15) is 13.3 Å². The van der Waals surface area contributed by atoms with Gasteiger partial charge in [0.25, 0.3) is 0 Å². The van der Waals surface area contributed by atoms with E-state index < -0.39 is 16.1 Å². The number of rotatable bonds is 5. The first-order chi connectivity index (χ1) is 9.44. The van der Waals surface area contributed by atoms with Crippen LogP contribution in [-0.2, 0) is 10.0 Å². The van der Waals surface area contributed by atoms with Crippen molar-refractivity contribution in [3.8, 4) is 11.5 Å². The summed E-state index contributed by atoms with van der Waals surface area (Å²) in [6.07, 6.45) is 0.402. The monoisotopic (exact) mass is 299 g/mol. The highest BCUT2D eigenvalue weighted by atomic mass is 32.2. The first-order valence-electron chi connectivity index (χ1n) is 6.20. The van der Waals surface area contributed by atoms with E-state index in [9.17, 15) is 8.42 Å². The number of hydrogen-bond donors (Lipinski definition) is 3. The third kappa shape index (κ3) is 3.02. The second-order valence-electron chi connectivity index (χ2n) is 4.34. The first kappa shape index (κ1) is 14.6. The lowest BCUT2D eigenvalue weighted by Gasteiger charge is -2.20. The van der Waals surface area contributed by atoms with Crippen LogP contribution in [0.25, 0.3) is 0 Å². The van der Waals surface area contributed by atoms with Crippen LogP contribution in [-0.4, -0.2) is 33.5 Å². The van der Waals surface area contributed by atoms with E-state index >= 15 is 0 Å². The van der Waals surface area contributed by atoms with Gasteiger partial charge in [-0.05, 0) is 18.6 Å². The first-order valence-corrected chi connectivity index (χ1v) is 7.68. The van der Waals surface area contributed by atoms with Crippen molar-refractivity contribution >= 4 is 15.9 Å². The Hall–Kier alpha value is -1.80. The molecule has 0 saturated heterocycles. The van der Waals surface area contributed by atoms with Gasteiger partial charge in [0.15, 0.2) is 11.5 Å². The molecule has 4 N–H and O–H groups in total. The average molecular weight is 299 g/mol. The van der Waals surface area contributed by atoms with E-state index in [1.807, 2.05) is 0 Å². The molecule has 1 aliphatic heterocycles. The third-order valence-electron chi connectivity index (χ3n) is 2.91. The highest BCUT2D eigenvalue weighted by Crippen LogP contribution is 2.32. The number of fused-ring (bicyclic) bond motifs is 1. The molecule has 1 heterocycles. The maximum absolute atomic E-state index is 12.2. The molecule has 0 aromatic heterocycles. The summed E-state index contributed by atoms with van der Waals surface area (Å²) in [6, 6.07) is 3.68. The molecule has 0 saturated carbocycles. The van der Waals surface area contributed by atoms with Crippen LogP contribution in [0.5, 0.6) is 11.5 Å². The van der Waals surface area contributed by atoms with Crippen molar-refractivity contribution in [2.45, 2.75) is 24.3 Å². The van der Waals surface area contributed by atoms with E-state index in [4.69, 9.17) is 20.6 Å². The minimum Gasteiger partial charge on any atom is -0.486 e. The molecule has 1 aromatic carbocycles. The van der Waals surface area contributed by atoms with Crippen LogP contribution in [0.15, 0.2) is 23.1 Å². The molecular formula is C12H17N3O4S. The van der Waals surface area contributed by atoms with Crippen LogP contribution >= 0.6 is 0 Å². The van der Waals surface area contributed by atoms with Gasteiger partial charge in [-0.3, -0.25) is 5.41 Å². The van der Waals surface area contributed by atoms with Crippen molar-refractivity contribution in [3.05, 3.63) is 18.2 Å². The predicted molar refractivity (Wildman–Crippen MR) is 73.7 cm³/mol. The van der Waals surface area contributed by atoms with Gasteiger partial charge in [-0.15, -0.1) is 0 Å². The number of nitrogens with two attached hydrogens (primary N) is 1. The largest absolute Gasteiger partial charge is 0.486 e. The SMILES string of the molecule is CCC(NS(=O)(=O)c1ccc2c(c1)OCCO2)C(=N)N. The van der Waals surface area contributed by atoms with Gasteiger partial charge in [0.1, 0.15) is 19.0 Å². The number of benzene rings is 1. The number of nitrogens with one attached hydrogen (secondary N) is 2. The molecule has 1 aromatic rings. The molecule has 7 nitrogen and oxygen atoms in total. The molecule has 8 heteroatoms. The Balaban J connectivity index is 2.27. The summed E-state index contributed by atoms with van der Waals surface area (Å²) in [6.45, 7) is 2.58. The van der Waals surface area contributed by atoms with Crippen LogP contribution < -0.4 is 19.9 Å². The molecule has 0 fully saturated rings. The minimum absolute atomic E-state index is 0.0569. The van der Waals surface area contributed by atoms with Gasteiger partial charge in [0.2, 0.25) is 10.0 Å². The number of amidine groups is 1. The van der Waals surface area contributed by atoms with Gasteiger partial charge in [-0.2, -0.15) is 0 Å². The zero-order chi connectivity index (χ0) is 14.8. The van der Waals surface area contributed by atoms with E-state index in [1.165, 1.54) is 12.1 Å². The number of sulfonamides is 1. The highest BCUT2D eigenvalue weighted by Gasteiger charge is 2.23. The van der Waals surface area contributed by atoms with Crippen LogP contribution in [0, 0.1) is 5.41 Å². The van der Waals surface area contributed by atoms with Crippen LogP contribution in [0.3, 0.4) is 0 Å². The fourth-order valence-corrected chi connectivity index (χ4v) is 3.13. The Labute approximate surface area is 117 Å². The van der Waals surface area contributed by atoms with Gasteiger partial charge in [0, 0.05) is 6.07 Å². The van der Waals surface area contributed by atoms with Gasteiger partial charge >= 0.3 is 0 Å². The van der Waals surface area contributed by atoms with E-state index in [0.717, 1.165) is 0 Å². The topological polar surface area (TPSA) is 115 Å². The molecule has 0 spiro atoms. The maximum atomic E-state index is 12.2. The number of hydrogen-bond acceptors (Lipinski definition) is 5. The Morgan fingerprint density at radius 2 is 2.05 bits per heavy atom. The van der Waals surface area contributed by atoms with Crippen LogP contribution in [0.4, 0.5) is 0 Å². The van der Waals surface area contributed by atoms with E-state index in [2.05, 4.69) is 4.72 Å². The standard InChI is InChI=1S/C12H17N3O4S/c1-2-9(12(13)14)15-20(16,17)8-3-4-10-11(7-8)19-6-5-18-10/h3-4,7,9,15H,2,5-6H2,1H3,(H3,13,14). The zero-order valence-electron chi connectivity index (χ0n) is 11.0. The molecule has 0 amide bonds. The van der Waals surface area contributed by atoms with E-state index in [-0.39, 0.29) is 10.7 Å². The molecule has 0 bridgehead atoms. The molecule has 1 atom stereocenters. The summed E-state index contributed by atoms with van der Waals surface area (Å²) >= 11 is 0. The van der Waals surface area contributed by atoms with Gasteiger partial charge in [-0.1, -0.05) is 6.92 Å². The Kier molecular flexibility index (Phi) is 4.15. The summed E-state index contributed by atoms with van der Waals surface area (Å²) in [5.74, 6) is 0.706. The lowest BCUT2D eigenvalue weighted by molar-refractivity contribution is 0.171. The van der Waals surface area contributed by atoms with Crippen LogP contribution in [0.2, 0.25) is 0 Å². The Morgan fingerprint density at radius 1 is 1.40 bits per heavy atom. The molecule has 0 radical (unpaired) electrons. The second-order valence-corrected chi connectivity index (χ2v) is 6.06. The third-order valence-corrected chi connectivity index (χ3v) is 4.37. The fraction of sp³-hybridized carbons (Fsp3) is 0.417. The molecule has 1 unspecified atom stereocenters. The van der Waals surface area contributed by atoms with Gasteiger partial charge in [-0.25, -0.2) is 13.1 Å². The lowest BCUT2D eigenvalue weighted by Crippen LogP contribution is -2.43. The summed E-state index contributed by atoms with van der Waals surface area (Å²) in [5, 5.41) is 7.35. The van der Waals surface area contributed by atoms with Crippen molar-refractivity contribution in [3.63, 3.8) is 0 Å². The van der Waals surface area contributed by atoms with E-state index in [0.29, 0.717) is 31.1 Å². The van der Waals surface area contributed by atoms with E-state index in [1.54, 1.807) is 13.0 Å². The summed E-state index contributed by atoms with van der Waals surface area (Å²) in [4.78, 5) is 0.0569. The summed E-state index contributed by atoms with van der Waals surface area (Å²) in [5.41, 5.74) is 5.35. The molecule has 2 rings (SSSR count). The Bertz CT molecular complexity index is 615. The van der Waals surface area contributed by atoms with Crippen molar-refractivity contribution in [2.75, 3.05) is 13.2 Å². The Morgan fingerprint density at radius 3 is 2.65 bits per heavy atom. The van der Waals surface area contributed by atoms with Crippen molar-refractivity contribution in [2.24, 2.45) is 5.73 Å². The van der Waals surface area contributed by atoms with Crippen molar-refractivity contribution in [1.29, 1.82) is 5.41 Å². The lowest BCUT2D eigenvalue weighted by atomic mass is 10.2. The predicted octanol–water partition coefficient (Wildman–Crippen LogP) is 0.451. The highest BCUT2D eigenvalue weighted by molar-refractivity contribution is 7.89. The quantitative estimate of drug-likeness (QED) is 0.539. The van der Waals surface area contributed by atoms with Gasteiger partial charge < -0.3 is 15.2 Å². The molecule has 1 aliphatic rings. The maximum Gasteiger partial charge on any atom is 0.241 e. The summed E-state index contributed by atoms with van der Waals surface area (Å²) < 4.78 is 37.5. The van der Waals surface area contributed by atoms with Crippen molar-refractivity contribution in [1.82, 2.24) is 4.72 Å². The smallest absolute Gasteiger partial charge is 0.241 e. The molecule has 110 valence electrons. The minimum atomic E-state index is -3.76. The molecule has 20 heavy (non-hydrogen) atoms. The zero-order valence-corrected chi connectivity index (χ0v) is 11.9. The van der Waals surface area contributed by atoms with Gasteiger partial charge in [0.05, 0.1) is 10.9 Å². The number of ether oxygens (including phenoxy) is 2. The average Bonchev–Trinajstić information content (AvgIpc) is 2.44. The fourth-order valence-electron chi connectivity index (χ4n) is 1.81. The normalized spacial score (nSPS) is 15.7. The molecule has 0 aliphatic carbocycles.